The van der Waals surface area contributed by atoms with Crippen LogP contribution in [0, 0.1) is 0 Å². The molecule has 0 aliphatic rings. The summed E-state index contributed by atoms with van der Waals surface area (Å²) in [5.41, 5.74) is 3.42. The second kappa shape index (κ2) is 13.0. The molecule has 2 aromatic carbocycles. The molecule has 0 heterocycles. The van der Waals surface area contributed by atoms with Crippen molar-refractivity contribution in [2.75, 3.05) is 5.75 Å². The molecule has 1 N–H and O–H groups in total. The van der Waals surface area contributed by atoms with E-state index in [1.165, 1.54) is 11.1 Å². The molecule has 142 valence electrons. The van der Waals surface area contributed by atoms with E-state index in [2.05, 4.69) is 30.3 Å². The molecule has 2 aromatic rings. The molecule has 0 spiro atoms. The highest BCUT2D eigenvalue weighted by Gasteiger charge is 2.11. The van der Waals surface area contributed by atoms with Gasteiger partial charge in [-0.05, 0) is 36.1 Å². The van der Waals surface area contributed by atoms with Crippen LogP contribution in [0.4, 0.5) is 0 Å². The largest absolute Gasteiger partial charge is 0.481 e. The summed E-state index contributed by atoms with van der Waals surface area (Å²) >= 11 is 3.92. The van der Waals surface area contributed by atoms with Gasteiger partial charge in [-0.15, -0.1) is 0 Å². The molecule has 1 unspecified atom stereocenters. The number of aliphatic carboxylic acids is 1. The van der Waals surface area contributed by atoms with Crippen molar-refractivity contribution in [1.29, 1.82) is 0 Å². The fraction of sp³-hybridized carbons (Fsp3) is 0.409. The van der Waals surface area contributed by atoms with Gasteiger partial charge in [-0.3, -0.25) is 4.79 Å². The van der Waals surface area contributed by atoms with Crippen molar-refractivity contribution in [2.24, 2.45) is 0 Å². The van der Waals surface area contributed by atoms with Crippen molar-refractivity contribution >= 4 is 42.8 Å². The minimum absolute atomic E-state index is 0.276. The second-order valence-electron chi connectivity index (χ2n) is 6.60. The van der Waals surface area contributed by atoms with Gasteiger partial charge in [0.2, 0.25) is 0 Å². The molecule has 27 heavy (non-hydrogen) atoms. The fourth-order valence-electron chi connectivity index (χ4n) is 2.81. The Hall–Kier alpha value is -1.33. The Bertz CT molecular complexity index is 679. The van der Waals surface area contributed by atoms with Crippen LogP contribution in [0.15, 0.2) is 54.6 Å². The molecule has 1 atom stereocenters. The van der Waals surface area contributed by atoms with Gasteiger partial charge in [0.05, 0.1) is 0 Å². The second-order valence-corrected chi connectivity index (χ2v) is 8.99. The molecule has 0 aromatic heterocycles. The minimum Gasteiger partial charge on any atom is -0.481 e. The molecule has 5 heteroatoms. The molecule has 0 fully saturated rings. The molecule has 0 aliphatic heterocycles. The van der Waals surface area contributed by atoms with E-state index in [1.54, 1.807) is 0 Å². The Kier molecular flexibility index (Phi) is 10.5. The predicted molar refractivity (Wildman–Crippen MR) is 120 cm³/mol. The zero-order valence-electron chi connectivity index (χ0n) is 15.7. The number of thioether (sulfide) groups is 2. The van der Waals surface area contributed by atoms with Gasteiger partial charge in [0, 0.05) is 23.2 Å². The van der Waals surface area contributed by atoms with Gasteiger partial charge >= 0.3 is 5.97 Å². The van der Waals surface area contributed by atoms with E-state index in [1.807, 2.05) is 47.8 Å². The van der Waals surface area contributed by atoms with E-state index in [0.29, 0.717) is 5.25 Å². The summed E-state index contributed by atoms with van der Waals surface area (Å²) in [4.78, 5) is 10.7. The van der Waals surface area contributed by atoms with Gasteiger partial charge in [-0.1, -0.05) is 66.5 Å². The molecular weight excluding hydrogens is 371 g/mol. The van der Waals surface area contributed by atoms with Crippen molar-refractivity contribution in [2.45, 2.75) is 48.9 Å². The van der Waals surface area contributed by atoms with Crippen LogP contribution < -0.4 is 5.46 Å². The lowest BCUT2D eigenvalue weighted by atomic mass is 9.92. The minimum atomic E-state index is -0.695. The SMILES string of the molecule is [B]c1ccccc1CSCCC(CCCCC(=O)O)SCc1ccccc1. The third-order valence-electron chi connectivity index (χ3n) is 4.39. The smallest absolute Gasteiger partial charge is 0.303 e. The molecule has 0 amide bonds. The summed E-state index contributed by atoms with van der Waals surface area (Å²) in [6.45, 7) is 0. The van der Waals surface area contributed by atoms with Gasteiger partial charge < -0.3 is 5.11 Å². The van der Waals surface area contributed by atoms with E-state index in [4.69, 9.17) is 13.0 Å². The van der Waals surface area contributed by atoms with E-state index in [0.717, 1.165) is 48.4 Å². The molecule has 0 saturated carbocycles. The van der Waals surface area contributed by atoms with Crippen molar-refractivity contribution in [1.82, 2.24) is 0 Å². The average Bonchev–Trinajstić information content (AvgIpc) is 2.67. The maximum atomic E-state index is 10.7. The zero-order valence-corrected chi connectivity index (χ0v) is 17.3. The van der Waals surface area contributed by atoms with Crippen LogP contribution in [0.5, 0.6) is 0 Å². The van der Waals surface area contributed by atoms with Crippen LogP contribution in [-0.2, 0) is 16.3 Å². The monoisotopic (exact) mass is 398 g/mol. The molecular formula is C22H27BO2S2. The van der Waals surface area contributed by atoms with Gasteiger partial charge in [-0.25, -0.2) is 0 Å². The maximum Gasteiger partial charge on any atom is 0.303 e. The summed E-state index contributed by atoms with van der Waals surface area (Å²) in [6, 6.07) is 18.6. The van der Waals surface area contributed by atoms with Crippen LogP contribution in [0.2, 0.25) is 0 Å². The molecule has 0 bridgehead atoms. The van der Waals surface area contributed by atoms with Crippen molar-refractivity contribution in [3.8, 4) is 0 Å². The lowest BCUT2D eigenvalue weighted by molar-refractivity contribution is -0.137. The summed E-state index contributed by atoms with van der Waals surface area (Å²) < 4.78 is 0. The molecule has 2 radical (unpaired) electrons. The number of unbranched alkanes of at least 4 members (excludes halogenated alkanes) is 1. The third kappa shape index (κ3) is 9.43. The summed E-state index contributed by atoms with van der Waals surface area (Å²) in [5.74, 6) is 2.36. The van der Waals surface area contributed by atoms with E-state index >= 15 is 0 Å². The topological polar surface area (TPSA) is 37.3 Å². The molecule has 2 rings (SSSR count). The van der Waals surface area contributed by atoms with Crippen molar-refractivity contribution in [3.05, 3.63) is 65.7 Å². The first-order chi connectivity index (χ1) is 13.1. The van der Waals surface area contributed by atoms with Crippen LogP contribution in [0.3, 0.4) is 0 Å². The fourth-order valence-corrected chi connectivity index (χ4v) is 5.28. The molecule has 0 aliphatic carbocycles. The Morgan fingerprint density at radius 3 is 2.44 bits per heavy atom. The lowest BCUT2D eigenvalue weighted by Crippen LogP contribution is -2.09. The molecule has 0 saturated heterocycles. The van der Waals surface area contributed by atoms with Crippen LogP contribution in [0.25, 0.3) is 0 Å². The van der Waals surface area contributed by atoms with E-state index in [9.17, 15) is 4.79 Å². The quantitative estimate of drug-likeness (QED) is 0.378. The van der Waals surface area contributed by atoms with Gasteiger partial charge in [0.1, 0.15) is 7.85 Å². The number of hydrogen-bond acceptors (Lipinski definition) is 3. The highest BCUT2D eigenvalue weighted by atomic mass is 32.2. The first-order valence-electron chi connectivity index (χ1n) is 9.43. The number of carboxylic acid groups (broad SMARTS) is 1. The first kappa shape index (κ1) is 22.0. The van der Waals surface area contributed by atoms with Gasteiger partial charge in [-0.2, -0.15) is 23.5 Å². The number of carboxylic acids is 1. The third-order valence-corrected chi connectivity index (χ3v) is 6.87. The van der Waals surface area contributed by atoms with Crippen LogP contribution >= 0.6 is 23.5 Å². The summed E-state index contributed by atoms with van der Waals surface area (Å²) in [6.07, 6.45) is 4.25. The van der Waals surface area contributed by atoms with Crippen LogP contribution in [0.1, 0.15) is 43.2 Å². The average molecular weight is 398 g/mol. The van der Waals surface area contributed by atoms with Crippen LogP contribution in [-0.4, -0.2) is 29.9 Å². The normalized spacial score (nSPS) is 12.0. The van der Waals surface area contributed by atoms with Crippen molar-refractivity contribution < 1.29 is 9.90 Å². The molecule has 2 nitrogen and oxygen atoms in total. The number of carbonyl (C=O) groups is 1. The standard InChI is InChI=1S/C22H27BO2S2/c23-21-12-6-4-10-19(21)17-26-15-14-20(11-5-7-13-22(24)25)27-16-18-8-2-1-3-9-18/h1-4,6,8-10,12,20H,5,7,11,13-17H2,(H,24,25). The Labute approximate surface area is 172 Å². The predicted octanol–water partition coefficient (Wildman–Crippen LogP) is 5.05. The first-order valence-corrected chi connectivity index (χ1v) is 11.6. The van der Waals surface area contributed by atoms with E-state index < -0.39 is 5.97 Å². The number of benzene rings is 2. The number of hydrogen-bond donors (Lipinski definition) is 1. The van der Waals surface area contributed by atoms with E-state index in [-0.39, 0.29) is 6.42 Å². The summed E-state index contributed by atoms with van der Waals surface area (Å²) in [7, 11) is 6.01. The number of rotatable bonds is 13. The zero-order chi connectivity index (χ0) is 19.3. The Morgan fingerprint density at radius 1 is 0.963 bits per heavy atom. The Balaban J connectivity index is 1.75. The van der Waals surface area contributed by atoms with Gasteiger partial charge in [0.25, 0.3) is 0 Å². The Morgan fingerprint density at radius 2 is 1.70 bits per heavy atom. The van der Waals surface area contributed by atoms with Crippen molar-refractivity contribution in [3.63, 3.8) is 0 Å². The highest BCUT2D eigenvalue weighted by molar-refractivity contribution is 7.99. The highest BCUT2D eigenvalue weighted by Crippen LogP contribution is 2.27. The lowest BCUT2D eigenvalue weighted by Gasteiger charge is -2.17. The van der Waals surface area contributed by atoms with Gasteiger partial charge in [0.15, 0.2) is 0 Å². The maximum absolute atomic E-state index is 10.7. The summed E-state index contributed by atoms with van der Waals surface area (Å²) in [5, 5.41) is 9.39.